The average molecular weight is 370 g/mol. The smallest absolute Gasteiger partial charge is 0.121 e. The fourth-order valence-corrected chi connectivity index (χ4v) is 3.75. The van der Waals surface area contributed by atoms with Crippen LogP contribution in [-0.2, 0) is 4.74 Å². The summed E-state index contributed by atoms with van der Waals surface area (Å²) >= 11 is 0. The number of morpholine rings is 1. The Morgan fingerprint density at radius 3 is 2.96 bits per heavy atom. The van der Waals surface area contributed by atoms with E-state index in [0.717, 1.165) is 37.7 Å². The highest BCUT2D eigenvalue weighted by molar-refractivity contribution is 5.85. The van der Waals surface area contributed by atoms with Crippen molar-refractivity contribution in [3.8, 4) is 5.75 Å². The number of likely N-dealkylation sites (N-methyl/N-ethyl adjacent to an activating group) is 1. The molecule has 5 nitrogen and oxygen atoms in total. The fraction of sp³-hybridized carbons (Fsp3) is 0.684. The number of rotatable bonds is 7. The van der Waals surface area contributed by atoms with Crippen molar-refractivity contribution in [2.24, 2.45) is 5.92 Å². The summed E-state index contributed by atoms with van der Waals surface area (Å²) in [6.45, 7) is 4.30. The third kappa shape index (κ3) is 6.03. The number of hydrogen-bond donors (Lipinski definition) is 2. The zero-order chi connectivity index (χ0) is 16.8. The molecule has 0 bridgehead atoms. The molecule has 3 atom stereocenters. The van der Waals surface area contributed by atoms with Crippen molar-refractivity contribution in [3.05, 3.63) is 24.3 Å². The van der Waals surface area contributed by atoms with Gasteiger partial charge in [0.25, 0.3) is 0 Å². The number of anilines is 1. The van der Waals surface area contributed by atoms with Crippen molar-refractivity contribution < 1.29 is 9.47 Å². The molecule has 1 aromatic carbocycles. The Hall–Kier alpha value is -1.01. The molecule has 1 aliphatic heterocycles. The van der Waals surface area contributed by atoms with Gasteiger partial charge in [0, 0.05) is 36.9 Å². The van der Waals surface area contributed by atoms with E-state index < -0.39 is 0 Å². The van der Waals surface area contributed by atoms with Crippen molar-refractivity contribution in [2.75, 3.05) is 52.3 Å². The van der Waals surface area contributed by atoms with Crippen molar-refractivity contribution in [2.45, 2.75) is 31.3 Å². The van der Waals surface area contributed by atoms with Crippen LogP contribution in [-0.4, -0.2) is 64.0 Å². The molecule has 1 saturated carbocycles. The predicted molar refractivity (Wildman–Crippen MR) is 105 cm³/mol. The SMILES string of the molecule is CN(C)CCOc1cccc(NC2CCCC2C2COCCN2)c1.Cl. The largest absolute Gasteiger partial charge is 0.492 e. The quantitative estimate of drug-likeness (QED) is 0.773. The Bertz CT molecular complexity index is 509. The second-order valence-electron chi connectivity index (χ2n) is 7.16. The van der Waals surface area contributed by atoms with Crippen molar-refractivity contribution in [3.63, 3.8) is 0 Å². The minimum absolute atomic E-state index is 0. The standard InChI is InChI=1S/C19H31N3O2.ClH/c1-22(2)10-12-24-16-6-3-5-15(13-16)21-18-8-4-7-17(18)19-14-23-11-9-20-19;/h3,5-6,13,17-21H,4,7-12,14H2,1-2H3;1H. The monoisotopic (exact) mass is 369 g/mol. The molecule has 25 heavy (non-hydrogen) atoms. The molecule has 6 heteroatoms. The Morgan fingerprint density at radius 1 is 1.32 bits per heavy atom. The fourth-order valence-electron chi connectivity index (χ4n) is 3.75. The molecule has 0 amide bonds. The summed E-state index contributed by atoms with van der Waals surface area (Å²) in [7, 11) is 4.12. The molecule has 2 fully saturated rings. The molecule has 1 aliphatic carbocycles. The van der Waals surface area contributed by atoms with Gasteiger partial charge in [-0.15, -0.1) is 12.4 Å². The van der Waals surface area contributed by atoms with Crippen LogP contribution in [0.2, 0.25) is 0 Å². The van der Waals surface area contributed by atoms with Crippen molar-refractivity contribution in [1.82, 2.24) is 10.2 Å². The molecule has 0 spiro atoms. The molecule has 142 valence electrons. The first-order valence-electron chi connectivity index (χ1n) is 9.17. The molecule has 2 aliphatic rings. The van der Waals surface area contributed by atoms with E-state index in [1.807, 2.05) is 6.07 Å². The molecule has 0 aromatic heterocycles. The number of halogens is 1. The molecule has 3 rings (SSSR count). The van der Waals surface area contributed by atoms with Crippen molar-refractivity contribution >= 4 is 18.1 Å². The molecular weight excluding hydrogens is 338 g/mol. The van der Waals surface area contributed by atoms with E-state index >= 15 is 0 Å². The first-order valence-corrected chi connectivity index (χ1v) is 9.17. The highest BCUT2D eigenvalue weighted by atomic mass is 35.5. The number of ether oxygens (including phenoxy) is 2. The summed E-state index contributed by atoms with van der Waals surface area (Å²) in [5.74, 6) is 1.58. The predicted octanol–water partition coefficient (Wildman–Crippen LogP) is 2.62. The second-order valence-corrected chi connectivity index (χ2v) is 7.16. The lowest BCUT2D eigenvalue weighted by molar-refractivity contribution is 0.0559. The first-order chi connectivity index (χ1) is 11.7. The van der Waals surface area contributed by atoms with Gasteiger partial charge in [0.15, 0.2) is 0 Å². The van der Waals surface area contributed by atoms with E-state index in [9.17, 15) is 0 Å². The highest BCUT2D eigenvalue weighted by Gasteiger charge is 2.34. The maximum Gasteiger partial charge on any atom is 0.121 e. The van der Waals surface area contributed by atoms with Gasteiger partial charge in [-0.2, -0.15) is 0 Å². The lowest BCUT2D eigenvalue weighted by atomic mass is 9.94. The second kappa shape index (κ2) is 10.2. The van der Waals surface area contributed by atoms with E-state index in [4.69, 9.17) is 9.47 Å². The third-order valence-electron chi connectivity index (χ3n) is 5.03. The Labute approximate surface area is 157 Å². The van der Waals surface area contributed by atoms with Gasteiger partial charge in [-0.3, -0.25) is 0 Å². The normalized spacial score (nSPS) is 26.3. The van der Waals surface area contributed by atoms with Crippen LogP contribution in [0.1, 0.15) is 19.3 Å². The topological polar surface area (TPSA) is 45.8 Å². The molecular formula is C19H32ClN3O2. The van der Waals surface area contributed by atoms with Crippen LogP contribution in [0.15, 0.2) is 24.3 Å². The van der Waals surface area contributed by atoms with Crippen LogP contribution in [0.25, 0.3) is 0 Å². The van der Waals surface area contributed by atoms with Gasteiger partial charge in [-0.25, -0.2) is 0 Å². The van der Waals surface area contributed by atoms with Gasteiger partial charge in [0.05, 0.1) is 13.2 Å². The van der Waals surface area contributed by atoms with Gasteiger partial charge in [-0.05, 0) is 45.0 Å². The highest BCUT2D eigenvalue weighted by Crippen LogP contribution is 2.32. The number of hydrogen-bond acceptors (Lipinski definition) is 5. The lowest BCUT2D eigenvalue weighted by Crippen LogP contribution is -2.49. The number of nitrogens with one attached hydrogen (secondary N) is 2. The Morgan fingerprint density at radius 2 is 2.20 bits per heavy atom. The minimum atomic E-state index is 0. The van der Waals surface area contributed by atoms with Crippen LogP contribution < -0.4 is 15.4 Å². The van der Waals surface area contributed by atoms with Gasteiger partial charge >= 0.3 is 0 Å². The molecule has 1 aromatic rings. The summed E-state index contributed by atoms with van der Waals surface area (Å²) < 4.78 is 11.5. The van der Waals surface area contributed by atoms with Gasteiger partial charge < -0.3 is 25.0 Å². The van der Waals surface area contributed by atoms with Gasteiger partial charge in [0.2, 0.25) is 0 Å². The Balaban J connectivity index is 0.00000225. The summed E-state index contributed by atoms with van der Waals surface area (Å²) in [4.78, 5) is 2.13. The zero-order valence-corrected chi connectivity index (χ0v) is 16.2. The molecule has 0 radical (unpaired) electrons. The van der Waals surface area contributed by atoms with Gasteiger partial charge in [-0.1, -0.05) is 12.5 Å². The van der Waals surface area contributed by atoms with Gasteiger partial charge in [0.1, 0.15) is 12.4 Å². The average Bonchev–Trinajstić information content (AvgIpc) is 3.04. The molecule has 1 heterocycles. The first kappa shape index (κ1) is 20.3. The van der Waals surface area contributed by atoms with E-state index in [1.54, 1.807) is 0 Å². The maximum atomic E-state index is 5.85. The zero-order valence-electron chi connectivity index (χ0n) is 15.4. The summed E-state index contributed by atoms with van der Waals surface area (Å²) in [5, 5.41) is 7.37. The van der Waals surface area contributed by atoms with E-state index in [-0.39, 0.29) is 12.4 Å². The van der Waals surface area contributed by atoms with E-state index in [1.165, 1.54) is 19.3 Å². The molecule has 3 unspecified atom stereocenters. The maximum absolute atomic E-state index is 5.85. The summed E-state index contributed by atoms with van der Waals surface area (Å²) in [5.41, 5.74) is 1.16. The molecule has 1 saturated heterocycles. The minimum Gasteiger partial charge on any atom is -0.492 e. The van der Waals surface area contributed by atoms with Crippen LogP contribution in [0.3, 0.4) is 0 Å². The third-order valence-corrected chi connectivity index (χ3v) is 5.03. The number of benzene rings is 1. The lowest BCUT2D eigenvalue weighted by Gasteiger charge is -2.33. The Kier molecular flexibility index (Phi) is 8.30. The van der Waals surface area contributed by atoms with E-state index in [0.29, 0.717) is 24.6 Å². The summed E-state index contributed by atoms with van der Waals surface area (Å²) in [6, 6.07) is 9.36. The summed E-state index contributed by atoms with van der Waals surface area (Å²) in [6.07, 6.45) is 3.80. The molecule has 2 N–H and O–H groups in total. The van der Waals surface area contributed by atoms with E-state index in [2.05, 4.69) is 47.8 Å². The van der Waals surface area contributed by atoms with Crippen molar-refractivity contribution in [1.29, 1.82) is 0 Å². The van der Waals surface area contributed by atoms with Crippen LogP contribution >= 0.6 is 12.4 Å². The van der Waals surface area contributed by atoms with Crippen LogP contribution in [0, 0.1) is 5.92 Å². The van der Waals surface area contributed by atoms with Crippen LogP contribution in [0.4, 0.5) is 5.69 Å². The number of nitrogens with zero attached hydrogens (tertiary/aromatic N) is 1. The van der Waals surface area contributed by atoms with Crippen LogP contribution in [0.5, 0.6) is 5.75 Å².